The molecule has 62 valence electrons. The van der Waals surface area contributed by atoms with Crippen LogP contribution in [0.5, 0.6) is 0 Å². The van der Waals surface area contributed by atoms with Gasteiger partial charge in [0.15, 0.2) is 0 Å². The largest absolute Gasteiger partial charge is 0.397 e. The van der Waals surface area contributed by atoms with E-state index in [1.54, 1.807) is 0 Å². The van der Waals surface area contributed by atoms with Gasteiger partial charge in [-0.2, -0.15) is 0 Å². The highest BCUT2D eigenvalue weighted by Crippen LogP contribution is 2.33. The first-order chi connectivity index (χ1) is 5.69. The monoisotopic (exact) mass is 166 g/mol. The highest BCUT2D eigenvalue weighted by atomic mass is 16.3. The van der Waals surface area contributed by atoms with Crippen molar-refractivity contribution in [3.63, 3.8) is 0 Å². The summed E-state index contributed by atoms with van der Waals surface area (Å²) in [6.07, 6.45) is 0. The van der Waals surface area contributed by atoms with Crippen molar-refractivity contribution in [2.75, 3.05) is 11.5 Å². The lowest BCUT2D eigenvalue weighted by molar-refractivity contribution is 1.42. The van der Waals surface area contributed by atoms with E-state index < -0.39 is 0 Å². The van der Waals surface area contributed by atoms with E-state index in [1.165, 1.54) is 12.1 Å². The Balaban J connectivity index is 3.37. The van der Waals surface area contributed by atoms with Gasteiger partial charge in [0.25, 0.3) is 0 Å². The summed E-state index contributed by atoms with van der Waals surface area (Å²) < 4.78 is 0. The van der Waals surface area contributed by atoms with Crippen LogP contribution in [0, 0.1) is 9.81 Å². The Labute approximate surface area is 67.5 Å². The summed E-state index contributed by atoms with van der Waals surface area (Å²) in [5, 5.41) is 5.13. The zero-order valence-corrected chi connectivity index (χ0v) is 6.02. The van der Waals surface area contributed by atoms with Gasteiger partial charge in [0, 0.05) is 0 Å². The molecule has 1 aromatic carbocycles. The molecule has 0 saturated heterocycles. The number of anilines is 2. The summed E-state index contributed by atoms with van der Waals surface area (Å²) >= 11 is 0. The highest BCUT2D eigenvalue weighted by Gasteiger charge is 2.06. The van der Waals surface area contributed by atoms with Gasteiger partial charge in [-0.15, -0.1) is 9.81 Å². The summed E-state index contributed by atoms with van der Waals surface area (Å²) in [7, 11) is 0. The Bertz CT molecular complexity index is 304. The molecule has 12 heavy (non-hydrogen) atoms. The SMILES string of the molecule is Nc1cc(N=O)c(N=O)cc1N. The van der Waals surface area contributed by atoms with Crippen molar-refractivity contribution in [3.05, 3.63) is 21.9 Å². The van der Waals surface area contributed by atoms with Crippen LogP contribution in [0.15, 0.2) is 22.5 Å². The lowest BCUT2D eigenvalue weighted by Crippen LogP contribution is -1.93. The number of benzene rings is 1. The summed E-state index contributed by atoms with van der Waals surface area (Å²) in [5.41, 5.74) is 10.9. The molecular weight excluding hydrogens is 160 g/mol. The normalized spacial score (nSPS) is 9.33. The molecule has 0 fully saturated rings. The van der Waals surface area contributed by atoms with Gasteiger partial charge in [-0.1, -0.05) is 0 Å². The van der Waals surface area contributed by atoms with Crippen LogP contribution in [-0.2, 0) is 0 Å². The van der Waals surface area contributed by atoms with Gasteiger partial charge in [-0.3, -0.25) is 0 Å². The fraction of sp³-hybridized carbons (Fsp3) is 0. The van der Waals surface area contributed by atoms with E-state index in [-0.39, 0.29) is 22.7 Å². The lowest BCUT2D eigenvalue weighted by atomic mass is 10.2. The van der Waals surface area contributed by atoms with E-state index in [9.17, 15) is 9.81 Å². The van der Waals surface area contributed by atoms with Crippen LogP contribution in [0.1, 0.15) is 0 Å². The fourth-order valence-corrected chi connectivity index (χ4v) is 0.755. The number of nitrogens with two attached hydrogens (primary N) is 2. The molecule has 0 aliphatic carbocycles. The van der Waals surface area contributed by atoms with Gasteiger partial charge in [-0.05, 0) is 22.5 Å². The number of nitrogens with zero attached hydrogens (tertiary/aromatic N) is 2. The molecule has 0 atom stereocenters. The average Bonchev–Trinajstić information content (AvgIpc) is 2.09. The standard InChI is InChI=1S/C6H6N4O2/c7-3-1-5(9-11)6(10-12)2-4(3)8/h1-2H,7-8H2. The van der Waals surface area contributed by atoms with Gasteiger partial charge in [0.05, 0.1) is 11.4 Å². The van der Waals surface area contributed by atoms with E-state index in [0.717, 1.165) is 0 Å². The van der Waals surface area contributed by atoms with E-state index in [0.29, 0.717) is 0 Å². The molecule has 0 heterocycles. The number of hydrogen-bond donors (Lipinski definition) is 2. The van der Waals surface area contributed by atoms with Crippen molar-refractivity contribution >= 4 is 22.7 Å². The zero-order chi connectivity index (χ0) is 9.14. The molecule has 1 rings (SSSR count). The van der Waals surface area contributed by atoms with Crippen LogP contribution in [0.25, 0.3) is 0 Å². The molecule has 4 N–H and O–H groups in total. The predicted octanol–water partition coefficient (Wildman–Crippen LogP) is 1.65. The van der Waals surface area contributed by atoms with Crippen molar-refractivity contribution < 1.29 is 0 Å². The van der Waals surface area contributed by atoms with Crippen molar-refractivity contribution in [2.24, 2.45) is 10.4 Å². The molecule has 0 spiro atoms. The Morgan fingerprint density at radius 1 is 0.917 bits per heavy atom. The Morgan fingerprint density at radius 3 is 1.50 bits per heavy atom. The topological polar surface area (TPSA) is 111 Å². The minimum Gasteiger partial charge on any atom is -0.397 e. The molecule has 0 saturated carbocycles. The maximum absolute atomic E-state index is 10.1. The summed E-state index contributed by atoms with van der Waals surface area (Å²) in [5.74, 6) is 0. The van der Waals surface area contributed by atoms with Gasteiger partial charge < -0.3 is 11.5 Å². The summed E-state index contributed by atoms with van der Waals surface area (Å²) in [6.45, 7) is 0. The van der Waals surface area contributed by atoms with E-state index >= 15 is 0 Å². The lowest BCUT2D eigenvalue weighted by Gasteiger charge is -2.00. The Morgan fingerprint density at radius 2 is 1.25 bits per heavy atom. The smallest absolute Gasteiger partial charge is 0.139 e. The average molecular weight is 166 g/mol. The number of rotatable bonds is 2. The van der Waals surface area contributed by atoms with Crippen LogP contribution in [0.3, 0.4) is 0 Å². The van der Waals surface area contributed by atoms with E-state index in [1.807, 2.05) is 0 Å². The van der Waals surface area contributed by atoms with Crippen LogP contribution < -0.4 is 11.5 Å². The second-order valence-electron chi connectivity index (χ2n) is 2.15. The minimum atomic E-state index is -0.100. The summed E-state index contributed by atoms with van der Waals surface area (Å²) in [4.78, 5) is 20.2. The highest BCUT2D eigenvalue weighted by molar-refractivity contribution is 5.77. The molecule has 0 unspecified atom stereocenters. The predicted molar refractivity (Wildman–Crippen MR) is 46.2 cm³/mol. The quantitative estimate of drug-likeness (QED) is 0.513. The van der Waals surface area contributed by atoms with Gasteiger partial charge >= 0.3 is 0 Å². The van der Waals surface area contributed by atoms with Crippen molar-refractivity contribution in [1.29, 1.82) is 0 Å². The molecule has 6 heteroatoms. The van der Waals surface area contributed by atoms with E-state index in [4.69, 9.17) is 11.5 Å². The number of nitroso groups, excluding NO2 is 2. The molecule has 0 aliphatic heterocycles. The van der Waals surface area contributed by atoms with Crippen molar-refractivity contribution in [2.45, 2.75) is 0 Å². The van der Waals surface area contributed by atoms with E-state index in [2.05, 4.69) is 10.4 Å². The van der Waals surface area contributed by atoms with Gasteiger partial charge in [-0.25, -0.2) is 0 Å². The molecule has 0 aliphatic rings. The Kier molecular flexibility index (Phi) is 2.00. The number of nitrogen functional groups attached to an aromatic ring is 2. The van der Waals surface area contributed by atoms with Crippen LogP contribution in [0.2, 0.25) is 0 Å². The third-order valence-electron chi connectivity index (χ3n) is 1.38. The third-order valence-corrected chi connectivity index (χ3v) is 1.38. The fourth-order valence-electron chi connectivity index (χ4n) is 0.755. The minimum absolute atomic E-state index is 0.100. The summed E-state index contributed by atoms with van der Waals surface area (Å²) in [6, 6.07) is 2.41. The third kappa shape index (κ3) is 1.22. The first kappa shape index (κ1) is 8.12. The first-order valence-electron chi connectivity index (χ1n) is 3.04. The molecule has 0 radical (unpaired) electrons. The van der Waals surface area contributed by atoms with Gasteiger partial charge in [0.2, 0.25) is 0 Å². The maximum atomic E-state index is 10.1. The van der Waals surface area contributed by atoms with Crippen LogP contribution in [-0.4, -0.2) is 0 Å². The molecule has 0 bridgehead atoms. The van der Waals surface area contributed by atoms with Gasteiger partial charge in [0.1, 0.15) is 11.4 Å². The second kappa shape index (κ2) is 2.95. The second-order valence-corrected chi connectivity index (χ2v) is 2.15. The van der Waals surface area contributed by atoms with Crippen LogP contribution in [0.4, 0.5) is 22.7 Å². The van der Waals surface area contributed by atoms with Crippen molar-refractivity contribution in [3.8, 4) is 0 Å². The molecule has 0 amide bonds. The number of hydrogen-bond acceptors (Lipinski definition) is 6. The molecule has 1 aromatic rings. The van der Waals surface area contributed by atoms with Crippen molar-refractivity contribution in [1.82, 2.24) is 0 Å². The van der Waals surface area contributed by atoms with Crippen LogP contribution >= 0.6 is 0 Å². The zero-order valence-electron chi connectivity index (χ0n) is 6.02. The first-order valence-corrected chi connectivity index (χ1v) is 3.04. The molecular formula is C6H6N4O2. The Hall–Kier alpha value is -1.98. The molecule has 0 aromatic heterocycles. The molecule has 6 nitrogen and oxygen atoms in total. The maximum Gasteiger partial charge on any atom is 0.139 e.